The van der Waals surface area contributed by atoms with Gasteiger partial charge in [0, 0.05) is 22.2 Å². The summed E-state index contributed by atoms with van der Waals surface area (Å²) in [6, 6.07) is 13.8. The maximum absolute atomic E-state index is 12.7. The lowest BCUT2D eigenvalue weighted by atomic mass is 10.0. The van der Waals surface area contributed by atoms with Gasteiger partial charge in [-0.05, 0) is 48.9 Å². The molecule has 3 amide bonds. The van der Waals surface area contributed by atoms with E-state index in [0.29, 0.717) is 33.4 Å². The highest BCUT2D eigenvalue weighted by atomic mass is 35.5. The van der Waals surface area contributed by atoms with Crippen molar-refractivity contribution >= 4 is 41.3 Å². The number of carbonyl (C=O) groups excluding carboxylic acids is 3. The number of carboxylic acids is 1. The van der Waals surface area contributed by atoms with Gasteiger partial charge in [-0.25, -0.2) is 9.69 Å². The largest absolute Gasteiger partial charge is 0.545 e. The molecule has 4 rings (SSSR count). The van der Waals surface area contributed by atoms with Crippen molar-refractivity contribution in [1.82, 2.24) is 5.32 Å². The molecule has 1 aliphatic rings. The molecule has 0 radical (unpaired) electrons. The third kappa shape index (κ3) is 3.46. The van der Waals surface area contributed by atoms with E-state index in [9.17, 15) is 19.5 Å². The minimum Gasteiger partial charge on any atom is -0.545 e. The average Bonchev–Trinajstić information content (AvgIpc) is 3.27. The first kappa shape index (κ1) is 19.5. The lowest BCUT2D eigenvalue weighted by Crippen LogP contribution is -2.30. The lowest BCUT2D eigenvalue weighted by molar-refractivity contribution is -0.255. The summed E-state index contributed by atoms with van der Waals surface area (Å²) in [6.07, 6.45) is 1.41. The number of rotatable bonds is 4. The van der Waals surface area contributed by atoms with E-state index in [1.165, 1.54) is 12.1 Å². The van der Waals surface area contributed by atoms with Crippen LogP contribution in [0.15, 0.2) is 64.7 Å². The normalized spacial score (nSPS) is 15.0. The van der Waals surface area contributed by atoms with Gasteiger partial charge in [0.1, 0.15) is 17.2 Å². The Morgan fingerprint density at radius 3 is 2.53 bits per heavy atom. The predicted molar refractivity (Wildman–Crippen MR) is 109 cm³/mol. The van der Waals surface area contributed by atoms with Crippen LogP contribution in [-0.2, 0) is 4.79 Å². The second kappa shape index (κ2) is 7.53. The van der Waals surface area contributed by atoms with Gasteiger partial charge in [-0.3, -0.25) is 4.79 Å². The second-order valence-corrected chi connectivity index (χ2v) is 7.01. The van der Waals surface area contributed by atoms with E-state index < -0.39 is 17.9 Å². The molecule has 3 aromatic rings. The summed E-state index contributed by atoms with van der Waals surface area (Å²) >= 11 is 5.85. The fourth-order valence-electron chi connectivity index (χ4n) is 3.20. The molecule has 30 heavy (non-hydrogen) atoms. The van der Waals surface area contributed by atoms with Crippen LogP contribution in [-0.4, -0.2) is 17.9 Å². The number of carboxylic acid groups (broad SMARTS) is 1. The molecule has 0 aliphatic carbocycles. The number of imide groups is 1. The number of hydrogen-bond donors (Lipinski definition) is 1. The number of halogens is 1. The number of nitrogens with zero attached hydrogens (tertiary/aromatic N) is 1. The minimum atomic E-state index is -1.27. The predicted octanol–water partition coefficient (Wildman–Crippen LogP) is 3.37. The molecule has 0 spiro atoms. The first-order valence-electron chi connectivity index (χ1n) is 8.89. The summed E-state index contributed by atoms with van der Waals surface area (Å²) < 4.78 is 5.76. The Morgan fingerprint density at radius 1 is 1.10 bits per heavy atom. The van der Waals surface area contributed by atoms with Crippen molar-refractivity contribution in [2.24, 2.45) is 0 Å². The Hall–Kier alpha value is -3.84. The molecular formula is C22H14ClN2O5-. The number of amides is 3. The van der Waals surface area contributed by atoms with Crippen molar-refractivity contribution < 1.29 is 23.9 Å². The van der Waals surface area contributed by atoms with Crippen LogP contribution >= 0.6 is 11.6 Å². The molecule has 0 atom stereocenters. The van der Waals surface area contributed by atoms with E-state index in [0.717, 1.165) is 4.90 Å². The van der Waals surface area contributed by atoms with Crippen molar-refractivity contribution in [2.45, 2.75) is 6.92 Å². The van der Waals surface area contributed by atoms with Crippen LogP contribution in [0.4, 0.5) is 10.5 Å². The topological polar surface area (TPSA) is 103 Å². The summed E-state index contributed by atoms with van der Waals surface area (Å²) in [5.74, 6) is -1.06. The molecule has 0 saturated carbocycles. The number of urea groups is 1. The van der Waals surface area contributed by atoms with Crippen LogP contribution in [0.3, 0.4) is 0 Å². The number of carbonyl (C=O) groups is 3. The molecule has 2 aromatic carbocycles. The number of furan rings is 1. The van der Waals surface area contributed by atoms with Gasteiger partial charge in [0.05, 0.1) is 11.7 Å². The van der Waals surface area contributed by atoms with Gasteiger partial charge in [-0.2, -0.15) is 0 Å². The van der Waals surface area contributed by atoms with Crippen LogP contribution in [0, 0.1) is 6.92 Å². The molecule has 0 bridgehead atoms. The molecule has 150 valence electrons. The van der Waals surface area contributed by atoms with Crippen molar-refractivity contribution in [2.75, 3.05) is 4.90 Å². The zero-order valence-corrected chi connectivity index (χ0v) is 16.4. The van der Waals surface area contributed by atoms with Gasteiger partial charge in [-0.15, -0.1) is 0 Å². The van der Waals surface area contributed by atoms with Crippen LogP contribution in [0.2, 0.25) is 5.02 Å². The summed E-state index contributed by atoms with van der Waals surface area (Å²) in [5, 5.41) is 14.2. The Bertz CT molecular complexity index is 1210. The van der Waals surface area contributed by atoms with Gasteiger partial charge < -0.3 is 19.6 Å². The summed E-state index contributed by atoms with van der Waals surface area (Å²) in [7, 11) is 0. The van der Waals surface area contributed by atoms with Crippen molar-refractivity contribution in [3.63, 3.8) is 0 Å². The smallest absolute Gasteiger partial charge is 0.333 e. The van der Waals surface area contributed by atoms with Gasteiger partial charge >= 0.3 is 6.03 Å². The molecule has 1 fully saturated rings. The SMILES string of the molecule is Cc1c(C(=O)[O-])cccc1-c1ccc(/C=C2/NC(=O)N(c3ccc(Cl)cc3)C2=O)o1. The third-order valence-corrected chi connectivity index (χ3v) is 4.95. The van der Waals surface area contributed by atoms with Crippen molar-refractivity contribution in [3.8, 4) is 11.3 Å². The highest BCUT2D eigenvalue weighted by Gasteiger charge is 2.35. The van der Waals surface area contributed by atoms with E-state index in [1.54, 1.807) is 55.5 Å². The fraction of sp³-hybridized carbons (Fsp3) is 0.0455. The monoisotopic (exact) mass is 421 g/mol. The fourth-order valence-corrected chi connectivity index (χ4v) is 3.33. The van der Waals surface area contributed by atoms with E-state index in [1.807, 2.05) is 0 Å². The Balaban J connectivity index is 1.63. The highest BCUT2D eigenvalue weighted by molar-refractivity contribution is 6.31. The number of nitrogens with one attached hydrogen (secondary N) is 1. The molecule has 7 nitrogen and oxygen atoms in total. The van der Waals surface area contributed by atoms with Crippen LogP contribution in [0.5, 0.6) is 0 Å². The lowest BCUT2D eigenvalue weighted by Gasteiger charge is -2.11. The van der Waals surface area contributed by atoms with Crippen LogP contribution < -0.4 is 15.3 Å². The molecular weight excluding hydrogens is 408 g/mol. The van der Waals surface area contributed by atoms with E-state index in [2.05, 4.69) is 5.32 Å². The van der Waals surface area contributed by atoms with Gasteiger partial charge in [0.2, 0.25) is 0 Å². The highest BCUT2D eigenvalue weighted by Crippen LogP contribution is 2.29. The molecule has 8 heteroatoms. The Morgan fingerprint density at radius 2 is 1.83 bits per heavy atom. The second-order valence-electron chi connectivity index (χ2n) is 6.57. The van der Waals surface area contributed by atoms with Crippen LogP contribution in [0.1, 0.15) is 21.7 Å². The number of hydrogen-bond acceptors (Lipinski definition) is 5. The summed E-state index contributed by atoms with van der Waals surface area (Å²) in [6.45, 7) is 1.66. The summed E-state index contributed by atoms with van der Waals surface area (Å²) in [5.41, 5.74) is 1.60. The first-order chi connectivity index (χ1) is 14.3. The van der Waals surface area contributed by atoms with Gasteiger partial charge in [0.15, 0.2) is 0 Å². The standard InChI is InChI=1S/C22H15ClN2O5/c1-12-16(3-2-4-17(12)21(27)28)19-10-9-15(30-19)11-18-20(26)25(22(29)24-18)14-7-5-13(23)6-8-14/h2-11H,1H3,(H,24,29)(H,27,28)/p-1/b18-11+. The quantitative estimate of drug-likeness (QED) is 0.514. The molecule has 1 saturated heterocycles. The third-order valence-electron chi connectivity index (χ3n) is 4.70. The van der Waals surface area contributed by atoms with Gasteiger partial charge in [0.25, 0.3) is 5.91 Å². The zero-order valence-electron chi connectivity index (χ0n) is 15.6. The Labute approximate surface area is 176 Å². The van der Waals surface area contributed by atoms with E-state index in [-0.39, 0.29) is 11.3 Å². The average molecular weight is 422 g/mol. The van der Waals surface area contributed by atoms with Gasteiger partial charge in [-0.1, -0.05) is 29.8 Å². The molecule has 1 aliphatic heterocycles. The number of aromatic carboxylic acids is 1. The number of benzene rings is 2. The summed E-state index contributed by atoms with van der Waals surface area (Å²) in [4.78, 5) is 37.2. The maximum Gasteiger partial charge on any atom is 0.333 e. The van der Waals surface area contributed by atoms with Crippen molar-refractivity contribution in [3.05, 3.63) is 82.2 Å². The maximum atomic E-state index is 12.7. The first-order valence-corrected chi connectivity index (χ1v) is 9.27. The Kier molecular flexibility index (Phi) is 4.89. The van der Waals surface area contributed by atoms with Crippen molar-refractivity contribution in [1.29, 1.82) is 0 Å². The zero-order chi connectivity index (χ0) is 21.4. The van der Waals surface area contributed by atoms with E-state index >= 15 is 0 Å². The molecule has 0 unspecified atom stereocenters. The van der Waals surface area contributed by atoms with E-state index in [4.69, 9.17) is 16.0 Å². The molecule has 1 N–H and O–H groups in total. The van der Waals surface area contributed by atoms with Crippen LogP contribution in [0.25, 0.3) is 17.4 Å². The molecule has 1 aromatic heterocycles. The minimum absolute atomic E-state index is 0.0519. The number of anilines is 1. The molecule has 2 heterocycles.